The minimum absolute atomic E-state index is 1.19. The number of aliphatic hydroxyl groups excluding tert-OH is 1. The van der Waals surface area contributed by atoms with Gasteiger partial charge in [0.25, 0.3) is 0 Å². The number of carboxylic acids is 1. The maximum Gasteiger partial charge on any atom is 0.662 e. The Labute approximate surface area is 58.9 Å². The van der Waals surface area contributed by atoms with Gasteiger partial charge in [-0.15, -0.1) is 0 Å². The molecule has 0 spiro atoms. The lowest BCUT2D eigenvalue weighted by atomic mass is 10.4. The highest BCUT2D eigenvalue weighted by Gasteiger charge is 2.01. The number of aliphatic hydroxyl groups is 1. The maximum atomic E-state index is 9.45. The van der Waals surface area contributed by atoms with Crippen LogP contribution in [0.25, 0.3) is 0 Å². The van der Waals surface area contributed by atoms with Crippen molar-refractivity contribution in [3.05, 3.63) is 0 Å². The fraction of sp³-hybridized carbons (Fsp3) is 0.667. The van der Waals surface area contributed by atoms with Gasteiger partial charge in [0.2, 0.25) is 0 Å². The van der Waals surface area contributed by atoms with Crippen LogP contribution in [-0.2, 0) is 4.79 Å². The zero-order chi connectivity index (χ0) is 7.86. The molecule has 0 amide bonds. The predicted molar refractivity (Wildman–Crippen MR) is 29.5 cm³/mol. The molecular weight excluding hydrogens is 143 g/mol. The predicted octanol–water partition coefficient (Wildman–Crippen LogP) is -2.04. The van der Waals surface area contributed by atoms with Gasteiger partial charge in [0.05, 0.1) is 0 Å². The number of hydrogen-bond donors (Lipinski definition) is 4. The van der Waals surface area contributed by atoms with Crippen LogP contribution in [0.15, 0.2) is 0 Å². The standard InChI is InChI=1S/C3H6O3.Al.2H2O/c1-2(4)3(5)6;;;/h2,4H,1H3,(H,5,6);;2*1H2/q;+2;;/p-2. The lowest BCUT2D eigenvalue weighted by molar-refractivity contribution is -0.145. The summed E-state index contributed by atoms with van der Waals surface area (Å²) in [5.41, 5.74) is 0. The summed E-state index contributed by atoms with van der Waals surface area (Å²) in [7, 11) is 0. The minimum Gasteiger partial charge on any atom is -0.499 e. The van der Waals surface area contributed by atoms with Crippen LogP contribution in [0.5, 0.6) is 0 Å². The number of rotatable bonds is 1. The first-order chi connectivity index (χ1) is 4.06. The highest BCUT2D eigenvalue weighted by Crippen LogP contribution is 1.73. The second-order valence-electron chi connectivity index (χ2n) is 1.13. The number of hydrogen-bond acceptors (Lipinski definition) is 4. The Morgan fingerprint density at radius 2 is 1.67 bits per heavy atom. The van der Waals surface area contributed by atoms with Crippen LogP contribution >= 0.6 is 0 Å². The highest BCUT2D eigenvalue weighted by atomic mass is 27.2. The van der Waals surface area contributed by atoms with Crippen LogP contribution in [0.2, 0.25) is 0 Å². The monoisotopic (exact) mass is 151 g/mol. The van der Waals surface area contributed by atoms with Gasteiger partial charge in [-0.05, 0) is 6.92 Å². The van der Waals surface area contributed by atoms with Crippen molar-refractivity contribution in [1.82, 2.24) is 0 Å². The van der Waals surface area contributed by atoms with E-state index in [-0.39, 0.29) is 0 Å². The van der Waals surface area contributed by atoms with Gasteiger partial charge in [0, 0.05) is 0 Å². The first-order valence-electron chi connectivity index (χ1n) is 2.07. The maximum absolute atomic E-state index is 9.45. The van der Waals surface area contributed by atoms with Crippen LogP contribution in [0.1, 0.15) is 6.92 Å². The van der Waals surface area contributed by atoms with Gasteiger partial charge in [-0.3, -0.25) is 0 Å². The van der Waals surface area contributed by atoms with Crippen molar-refractivity contribution in [2.75, 3.05) is 0 Å². The zero-order valence-electron chi connectivity index (χ0n) is 4.85. The Kier molecular flexibility index (Phi) is 10.2. The molecule has 0 saturated heterocycles. The normalized spacial score (nSPS) is 10.7. The highest BCUT2D eigenvalue weighted by molar-refractivity contribution is 6.13. The van der Waals surface area contributed by atoms with Crippen molar-refractivity contribution in [3.8, 4) is 0 Å². The third-order valence-electron chi connectivity index (χ3n) is 0.357. The Morgan fingerprint density at radius 1 is 1.56 bits per heavy atom. The fourth-order valence-electron chi connectivity index (χ4n) is 0. The molecule has 1 radical (unpaired) electrons. The molecule has 0 heterocycles. The quantitative estimate of drug-likeness (QED) is 0.323. The molecule has 0 aromatic rings. The molecular formula is C3H8AlO5. The van der Waals surface area contributed by atoms with E-state index < -0.39 is 28.0 Å². The Balaban J connectivity index is 0. The van der Waals surface area contributed by atoms with Crippen molar-refractivity contribution in [1.29, 1.82) is 0 Å². The topological polar surface area (TPSA) is 98.0 Å². The molecule has 0 aromatic carbocycles. The van der Waals surface area contributed by atoms with E-state index in [1.54, 1.807) is 0 Å². The van der Waals surface area contributed by atoms with Gasteiger partial charge in [-0.2, -0.15) is 0 Å². The van der Waals surface area contributed by atoms with Crippen LogP contribution in [-0.4, -0.2) is 46.5 Å². The Hall–Kier alpha value is -0.118. The average Bonchev–Trinajstić information content (AvgIpc) is 1.68. The van der Waals surface area contributed by atoms with Crippen molar-refractivity contribution in [2.24, 2.45) is 0 Å². The number of aliphatic carboxylic acids is 1. The van der Waals surface area contributed by atoms with Gasteiger partial charge in [0.1, 0.15) is 6.10 Å². The molecule has 0 aliphatic rings. The molecule has 0 aliphatic heterocycles. The van der Waals surface area contributed by atoms with Gasteiger partial charge in [0.15, 0.2) is 0 Å². The smallest absolute Gasteiger partial charge is 0.499 e. The molecule has 53 valence electrons. The van der Waals surface area contributed by atoms with Gasteiger partial charge in [-0.1, -0.05) is 0 Å². The SMILES string of the molecule is CC(O)C(=O)O.[OH][Al][OH]. The molecule has 9 heavy (non-hydrogen) atoms. The Morgan fingerprint density at radius 3 is 1.67 bits per heavy atom. The van der Waals surface area contributed by atoms with E-state index in [1.807, 2.05) is 0 Å². The molecule has 0 aliphatic carbocycles. The van der Waals surface area contributed by atoms with E-state index >= 15 is 0 Å². The minimum atomic E-state index is -1.25. The van der Waals surface area contributed by atoms with Gasteiger partial charge < -0.3 is 18.5 Å². The van der Waals surface area contributed by atoms with E-state index in [1.165, 1.54) is 6.92 Å². The van der Waals surface area contributed by atoms with E-state index in [0.29, 0.717) is 0 Å². The molecule has 1 atom stereocenters. The van der Waals surface area contributed by atoms with Crippen LogP contribution in [0.3, 0.4) is 0 Å². The molecule has 0 rings (SSSR count). The summed E-state index contributed by atoms with van der Waals surface area (Å²) in [4.78, 5) is 9.45. The molecule has 0 fully saturated rings. The lowest BCUT2D eigenvalue weighted by Crippen LogP contribution is -2.13. The third-order valence-corrected chi connectivity index (χ3v) is 0.357. The van der Waals surface area contributed by atoms with Gasteiger partial charge in [-0.25, -0.2) is 4.79 Å². The summed E-state index contributed by atoms with van der Waals surface area (Å²) in [6.45, 7) is 1.20. The number of carbonyl (C=O) groups is 1. The fourth-order valence-corrected chi connectivity index (χ4v) is 0. The second kappa shape index (κ2) is 7.88. The number of carboxylic acid groups (broad SMARTS) is 1. The van der Waals surface area contributed by atoms with Crippen LogP contribution in [0, 0.1) is 0 Å². The molecule has 4 N–H and O–H groups in total. The molecule has 1 unspecified atom stereocenters. The van der Waals surface area contributed by atoms with Crippen molar-refractivity contribution < 1.29 is 23.3 Å². The average molecular weight is 151 g/mol. The van der Waals surface area contributed by atoms with Gasteiger partial charge >= 0.3 is 21.9 Å². The van der Waals surface area contributed by atoms with E-state index in [4.69, 9.17) is 18.5 Å². The summed E-state index contributed by atoms with van der Waals surface area (Å²) in [5.74, 6) is -1.19. The zero-order valence-corrected chi connectivity index (χ0v) is 6.01. The first-order valence-corrected chi connectivity index (χ1v) is 3.10. The second-order valence-corrected chi connectivity index (χ2v) is 1.36. The van der Waals surface area contributed by atoms with Crippen LogP contribution < -0.4 is 0 Å². The van der Waals surface area contributed by atoms with Crippen molar-refractivity contribution >= 4 is 21.9 Å². The largest absolute Gasteiger partial charge is 0.662 e. The van der Waals surface area contributed by atoms with Crippen LogP contribution in [0.4, 0.5) is 0 Å². The summed E-state index contributed by atoms with van der Waals surface area (Å²) in [6.07, 6.45) is -1.23. The summed E-state index contributed by atoms with van der Waals surface area (Å²) >= 11 is -1.25. The van der Waals surface area contributed by atoms with E-state index in [0.717, 1.165) is 0 Å². The Bertz CT molecular complexity index is 72.6. The molecule has 0 aromatic heterocycles. The third kappa shape index (κ3) is 18.1. The first kappa shape index (κ1) is 11.7. The molecule has 0 bridgehead atoms. The van der Waals surface area contributed by atoms with Crippen molar-refractivity contribution in [2.45, 2.75) is 13.0 Å². The molecule has 6 heteroatoms. The van der Waals surface area contributed by atoms with E-state index in [9.17, 15) is 4.79 Å². The summed E-state index contributed by atoms with van der Waals surface area (Å²) in [6, 6.07) is 0. The lowest BCUT2D eigenvalue weighted by Gasteiger charge is -1.89. The summed E-state index contributed by atoms with van der Waals surface area (Å²) in [5, 5.41) is 15.8. The molecule has 5 nitrogen and oxygen atoms in total. The molecule has 0 saturated carbocycles. The van der Waals surface area contributed by atoms with Crippen molar-refractivity contribution in [3.63, 3.8) is 0 Å². The van der Waals surface area contributed by atoms with E-state index in [2.05, 4.69) is 0 Å². The summed E-state index contributed by atoms with van der Waals surface area (Å²) < 4.78 is 14.4.